The van der Waals surface area contributed by atoms with Gasteiger partial charge in [-0.1, -0.05) is 6.07 Å². The van der Waals surface area contributed by atoms with Gasteiger partial charge < -0.3 is 10.1 Å². The third kappa shape index (κ3) is 5.29. The summed E-state index contributed by atoms with van der Waals surface area (Å²) in [6.45, 7) is 3.22. The number of nitrogens with zero attached hydrogens (tertiary/aromatic N) is 4. The molecular weight excluding hydrogens is 550 g/mol. The number of rotatable bonds is 9. The number of carbonyl (C=O) groups excluding carboxylic acids is 1. The van der Waals surface area contributed by atoms with Crippen molar-refractivity contribution in [3.05, 3.63) is 77.4 Å². The second kappa shape index (κ2) is 11.0. The molecule has 11 nitrogen and oxygen atoms in total. The van der Waals surface area contributed by atoms with Crippen LogP contribution in [0.15, 0.2) is 48.9 Å². The number of anilines is 1. The quantitative estimate of drug-likeness (QED) is 0.215. The van der Waals surface area contributed by atoms with E-state index in [4.69, 9.17) is 18.8 Å². The average Bonchev–Trinajstić information content (AvgIpc) is 3.67. The molecule has 0 radical (unpaired) electrons. The molecule has 2 aliphatic heterocycles. The number of hydrogen-bond acceptors (Lipinski definition) is 9. The van der Waals surface area contributed by atoms with Crippen molar-refractivity contribution in [3.63, 3.8) is 0 Å². The number of pyridine rings is 1. The molecule has 0 saturated carbocycles. The third-order valence-corrected chi connectivity index (χ3v) is 9.08. The number of imidazole rings is 1. The van der Waals surface area contributed by atoms with Gasteiger partial charge in [-0.15, -0.1) is 0 Å². The van der Waals surface area contributed by atoms with Gasteiger partial charge in [0.1, 0.15) is 22.9 Å². The standard InChI is InChI=1S/C28H30FN6O5P/c1-16-6-7-30-19(10-16)13-24(36)17-4-5-20(21(29)11-17)25-26-27(34-41(37,38-2)39-3)31-8-9-35(26)28(33-25)22-12-18-14-40-15-23(18)32-22/h4-11,18,22-23,32H,12-15H2,1-3H3,(H,31,34,37)/t18-,22-,23+/m0/s1. The first kappa shape index (κ1) is 27.6. The maximum absolute atomic E-state index is 15.8. The largest absolute Gasteiger partial charge is 0.433 e. The van der Waals surface area contributed by atoms with Crippen molar-refractivity contribution in [1.29, 1.82) is 0 Å². The zero-order valence-electron chi connectivity index (χ0n) is 22.8. The molecule has 13 heteroatoms. The first-order valence-electron chi connectivity index (χ1n) is 13.2. The van der Waals surface area contributed by atoms with E-state index in [1.165, 1.54) is 32.5 Å². The van der Waals surface area contributed by atoms with E-state index in [2.05, 4.69) is 20.4 Å². The minimum atomic E-state index is -3.75. The Bertz CT molecular complexity index is 1660. The highest BCUT2D eigenvalue weighted by molar-refractivity contribution is 7.55. The number of Topliss-reactive ketones (excluding diaryl/α,β-unsaturated/α-hetero) is 1. The van der Waals surface area contributed by atoms with Crippen LogP contribution in [0.4, 0.5) is 10.2 Å². The molecule has 4 aromatic rings. The van der Waals surface area contributed by atoms with Crippen LogP contribution in [0.1, 0.15) is 39.9 Å². The molecule has 41 heavy (non-hydrogen) atoms. The minimum absolute atomic E-state index is 0.0543. The Balaban J connectivity index is 1.42. The summed E-state index contributed by atoms with van der Waals surface area (Å²) in [7, 11) is -1.24. The fourth-order valence-electron chi connectivity index (χ4n) is 5.54. The highest BCUT2D eigenvalue weighted by atomic mass is 31.2. The van der Waals surface area contributed by atoms with E-state index in [0.717, 1.165) is 12.0 Å². The molecule has 0 bridgehead atoms. The molecular formula is C28H30FN6O5P. The summed E-state index contributed by atoms with van der Waals surface area (Å²) in [5, 5.41) is 6.33. The van der Waals surface area contributed by atoms with Gasteiger partial charge in [0, 0.05) is 61.6 Å². The average molecular weight is 581 g/mol. The molecule has 0 amide bonds. The van der Waals surface area contributed by atoms with Crippen molar-refractivity contribution >= 4 is 24.9 Å². The van der Waals surface area contributed by atoms with Gasteiger partial charge in [-0.3, -0.25) is 28.3 Å². The first-order chi connectivity index (χ1) is 19.8. The van der Waals surface area contributed by atoms with Crippen LogP contribution in [0.5, 0.6) is 0 Å². The highest BCUT2D eigenvalue weighted by Gasteiger charge is 2.40. The lowest BCUT2D eigenvalue weighted by Crippen LogP contribution is -2.28. The lowest BCUT2D eigenvalue weighted by atomic mass is 10.0. The topological polar surface area (TPSA) is 129 Å². The number of ether oxygens (including phenoxy) is 1. The number of hydrogen-bond donors (Lipinski definition) is 2. The first-order valence-corrected chi connectivity index (χ1v) is 14.8. The molecule has 5 heterocycles. The molecule has 2 fully saturated rings. The number of benzene rings is 1. The number of nitrogens with one attached hydrogen (secondary N) is 2. The molecule has 0 spiro atoms. The van der Waals surface area contributed by atoms with E-state index >= 15 is 4.39 Å². The predicted octanol–water partition coefficient (Wildman–Crippen LogP) is 4.53. The summed E-state index contributed by atoms with van der Waals surface area (Å²) in [6.07, 6.45) is 5.77. The SMILES string of the molecule is COP(=O)(Nc1nccn2c([C@@H]3C[C@H]4COC[C@H]4N3)nc(-c3ccc(C(=O)Cc4cc(C)ccn4)cc3F)c12)OC. The maximum atomic E-state index is 15.8. The Hall–Kier alpha value is -3.54. The fourth-order valence-corrected chi connectivity index (χ4v) is 6.30. The van der Waals surface area contributed by atoms with Gasteiger partial charge >= 0.3 is 7.75 Å². The molecule has 214 valence electrons. The summed E-state index contributed by atoms with van der Waals surface area (Å²) in [4.78, 5) is 26.5. The Morgan fingerprint density at radius 1 is 1.20 bits per heavy atom. The summed E-state index contributed by atoms with van der Waals surface area (Å²) < 4.78 is 46.4. The van der Waals surface area contributed by atoms with Crippen LogP contribution in [-0.4, -0.2) is 58.6 Å². The lowest BCUT2D eigenvalue weighted by molar-refractivity contribution is 0.0991. The van der Waals surface area contributed by atoms with E-state index in [0.29, 0.717) is 36.2 Å². The van der Waals surface area contributed by atoms with E-state index in [-0.39, 0.29) is 46.9 Å². The molecule has 2 N–H and O–H groups in total. The molecule has 0 aliphatic carbocycles. The highest BCUT2D eigenvalue weighted by Crippen LogP contribution is 2.47. The molecule has 2 aliphatic rings. The van der Waals surface area contributed by atoms with Crippen molar-refractivity contribution in [2.24, 2.45) is 5.92 Å². The van der Waals surface area contributed by atoms with E-state index in [1.807, 2.05) is 23.5 Å². The predicted molar refractivity (Wildman–Crippen MR) is 149 cm³/mol. The maximum Gasteiger partial charge on any atom is 0.433 e. The summed E-state index contributed by atoms with van der Waals surface area (Å²) >= 11 is 0. The molecule has 3 aromatic heterocycles. The molecule has 6 rings (SSSR count). The molecule has 3 atom stereocenters. The van der Waals surface area contributed by atoms with Crippen molar-refractivity contribution in [2.75, 3.05) is 32.5 Å². The van der Waals surface area contributed by atoms with Gasteiger partial charge in [0.25, 0.3) is 0 Å². The van der Waals surface area contributed by atoms with Gasteiger partial charge in [-0.2, -0.15) is 0 Å². The smallest absolute Gasteiger partial charge is 0.379 e. The van der Waals surface area contributed by atoms with Crippen LogP contribution in [0, 0.1) is 18.7 Å². The van der Waals surface area contributed by atoms with Gasteiger partial charge in [0.15, 0.2) is 11.6 Å². The Labute approximate surface area is 236 Å². The number of carbonyl (C=O) groups is 1. The Morgan fingerprint density at radius 3 is 2.76 bits per heavy atom. The van der Waals surface area contributed by atoms with Crippen LogP contribution in [0.3, 0.4) is 0 Å². The van der Waals surface area contributed by atoms with Gasteiger partial charge in [-0.05, 0) is 43.2 Å². The number of aryl methyl sites for hydroxylation is 1. The van der Waals surface area contributed by atoms with Crippen molar-refractivity contribution in [2.45, 2.75) is 31.8 Å². The number of halogens is 1. The number of aromatic nitrogens is 4. The number of ketones is 1. The number of fused-ring (bicyclic) bond motifs is 2. The second-order valence-corrected chi connectivity index (χ2v) is 12.2. The van der Waals surface area contributed by atoms with E-state index in [9.17, 15) is 9.36 Å². The van der Waals surface area contributed by atoms with Crippen LogP contribution in [-0.2, 0) is 24.8 Å². The second-order valence-electron chi connectivity index (χ2n) is 10.3. The normalized spacial score (nSPS) is 20.4. The van der Waals surface area contributed by atoms with Crippen LogP contribution in [0.2, 0.25) is 0 Å². The van der Waals surface area contributed by atoms with E-state index < -0.39 is 13.6 Å². The van der Waals surface area contributed by atoms with Gasteiger partial charge in [0.2, 0.25) is 0 Å². The lowest BCUT2D eigenvalue weighted by Gasteiger charge is -2.16. The van der Waals surface area contributed by atoms with Crippen molar-refractivity contribution in [3.8, 4) is 11.3 Å². The summed E-state index contributed by atoms with van der Waals surface area (Å²) in [6, 6.07) is 8.10. The third-order valence-electron chi connectivity index (χ3n) is 7.63. The minimum Gasteiger partial charge on any atom is -0.379 e. The summed E-state index contributed by atoms with van der Waals surface area (Å²) in [5.41, 5.74) is 2.68. The van der Waals surface area contributed by atoms with Crippen molar-refractivity contribution in [1.82, 2.24) is 24.7 Å². The summed E-state index contributed by atoms with van der Waals surface area (Å²) in [5.74, 6) is 0.283. The van der Waals surface area contributed by atoms with Crippen LogP contribution >= 0.6 is 7.75 Å². The van der Waals surface area contributed by atoms with Crippen LogP contribution in [0.25, 0.3) is 16.8 Å². The molecule has 1 aromatic carbocycles. The Kier molecular flexibility index (Phi) is 7.43. The molecule has 2 saturated heterocycles. The Morgan fingerprint density at radius 2 is 2.02 bits per heavy atom. The van der Waals surface area contributed by atoms with Gasteiger partial charge in [0.05, 0.1) is 25.7 Å². The molecule has 0 unspecified atom stereocenters. The monoisotopic (exact) mass is 580 g/mol. The zero-order valence-corrected chi connectivity index (χ0v) is 23.7. The van der Waals surface area contributed by atoms with E-state index in [1.54, 1.807) is 18.5 Å². The van der Waals surface area contributed by atoms with Crippen molar-refractivity contribution < 1.29 is 27.5 Å². The fraction of sp³-hybridized carbons (Fsp3) is 0.357. The zero-order chi connectivity index (χ0) is 28.7. The van der Waals surface area contributed by atoms with Gasteiger partial charge in [-0.25, -0.2) is 18.9 Å². The van der Waals surface area contributed by atoms with Crippen LogP contribution < -0.4 is 10.4 Å².